The fourth-order valence-electron chi connectivity index (χ4n) is 5.13. The SMILES string of the molecule is O=C1CCC(N2Cc3c(CN4CCN(c5c(F)cccc5F)CC4)cccc3C2S)C(=O)N1. The summed E-state index contributed by atoms with van der Waals surface area (Å²) >= 11 is 4.79. The molecule has 33 heavy (non-hydrogen) atoms. The molecule has 0 spiro atoms. The molecule has 0 bridgehead atoms. The molecule has 3 aliphatic rings. The molecule has 9 heteroatoms. The number of carbonyl (C=O) groups is 2. The van der Waals surface area contributed by atoms with Crippen LogP contribution in [0.3, 0.4) is 0 Å². The van der Waals surface area contributed by atoms with Gasteiger partial charge in [0.05, 0.1) is 11.4 Å². The van der Waals surface area contributed by atoms with Gasteiger partial charge < -0.3 is 4.90 Å². The molecule has 6 nitrogen and oxygen atoms in total. The van der Waals surface area contributed by atoms with Gasteiger partial charge in [-0.3, -0.25) is 24.7 Å². The Bertz CT molecular complexity index is 1070. The van der Waals surface area contributed by atoms with E-state index < -0.39 is 11.6 Å². The molecule has 3 heterocycles. The van der Waals surface area contributed by atoms with E-state index >= 15 is 0 Å². The number of thiol groups is 1. The van der Waals surface area contributed by atoms with E-state index in [1.807, 2.05) is 12.1 Å². The van der Waals surface area contributed by atoms with Gasteiger partial charge >= 0.3 is 0 Å². The van der Waals surface area contributed by atoms with Crippen LogP contribution in [0.25, 0.3) is 0 Å². The van der Waals surface area contributed by atoms with E-state index in [2.05, 4.69) is 21.2 Å². The van der Waals surface area contributed by atoms with Crippen LogP contribution in [-0.4, -0.2) is 53.8 Å². The maximum Gasteiger partial charge on any atom is 0.243 e. The molecule has 174 valence electrons. The Morgan fingerprint density at radius 3 is 2.39 bits per heavy atom. The smallest absolute Gasteiger partial charge is 0.243 e. The van der Waals surface area contributed by atoms with E-state index in [1.54, 1.807) is 4.90 Å². The first-order valence-corrected chi connectivity index (χ1v) is 11.7. The zero-order valence-electron chi connectivity index (χ0n) is 18.1. The first-order valence-electron chi connectivity index (χ1n) is 11.2. The van der Waals surface area contributed by atoms with Crippen LogP contribution >= 0.6 is 12.6 Å². The van der Waals surface area contributed by atoms with Crippen molar-refractivity contribution >= 4 is 30.1 Å². The number of anilines is 1. The summed E-state index contributed by atoms with van der Waals surface area (Å²) in [4.78, 5) is 30.1. The number of halogens is 2. The molecular weight excluding hydrogens is 446 g/mol. The van der Waals surface area contributed by atoms with Crippen molar-refractivity contribution in [1.82, 2.24) is 15.1 Å². The standard InChI is InChI=1S/C24H26F2N4O2S/c25-18-5-2-6-19(26)22(18)29-11-9-28(10-12-29)13-15-3-1-4-16-17(15)14-30(24(16)33)20-7-8-21(31)27-23(20)32/h1-6,20,24,33H,7-14H2,(H,27,31,32). The van der Waals surface area contributed by atoms with Crippen LogP contribution in [0.5, 0.6) is 0 Å². The number of nitrogens with zero attached hydrogens (tertiary/aromatic N) is 3. The summed E-state index contributed by atoms with van der Waals surface area (Å²) in [6.07, 6.45) is 0.836. The summed E-state index contributed by atoms with van der Waals surface area (Å²) in [5.74, 6) is -1.54. The quantitative estimate of drug-likeness (QED) is 0.530. The Labute approximate surface area is 196 Å². The Morgan fingerprint density at radius 2 is 1.70 bits per heavy atom. The zero-order chi connectivity index (χ0) is 23.1. The number of carbonyl (C=O) groups excluding carboxylic acids is 2. The first kappa shape index (κ1) is 22.3. The topological polar surface area (TPSA) is 55.9 Å². The minimum atomic E-state index is -0.530. The highest BCUT2D eigenvalue weighted by Gasteiger charge is 2.39. The number of benzene rings is 2. The van der Waals surface area contributed by atoms with Crippen LogP contribution in [0.4, 0.5) is 14.5 Å². The predicted molar refractivity (Wildman–Crippen MR) is 124 cm³/mol. The lowest BCUT2D eigenvalue weighted by Crippen LogP contribution is -2.51. The maximum absolute atomic E-state index is 14.2. The Kier molecular flexibility index (Phi) is 6.11. The number of hydrogen-bond acceptors (Lipinski definition) is 6. The Morgan fingerprint density at radius 1 is 1.00 bits per heavy atom. The zero-order valence-corrected chi connectivity index (χ0v) is 19.0. The van der Waals surface area contributed by atoms with Gasteiger partial charge in [0.15, 0.2) is 0 Å². The number of fused-ring (bicyclic) bond motifs is 1. The Balaban J connectivity index is 1.27. The van der Waals surface area contributed by atoms with Gasteiger partial charge in [-0.25, -0.2) is 8.78 Å². The van der Waals surface area contributed by atoms with Gasteiger partial charge in [-0.05, 0) is 35.2 Å². The van der Waals surface area contributed by atoms with Gasteiger partial charge in [0.2, 0.25) is 11.8 Å². The second-order valence-electron chi connectivity index (χ2n) is 8.83. The third-order valence-electron chi connectivity index (χ3n) is 6.87. The van der Waals surface area contributed by atoms with Gasteiger partial charge in [-0.15, -0.1) is 0 Å². The molecule has 2 fully saturated rings. The number of hydrogen-bond donors (Lipinski definition) is 2. The lowest BCUT2D eigenvalue weighted by Gasteiger charge is -2.36. The number of para-hydroxylation sites is 1. The molecule has 2 unspecified atom stereocenters. The molecule has 0 radical (unpaired) electrons. The summed E-state index contributed by atoms with van der Waals surface area (Å²) < 4.78 is 28.3. The minimum absolute atomic E-state index is 0.0514. The fourth-order valence-corrected chi connectivity index (χ4v) is 5.61. The number of amides is 2. The molecule has 3 aliphatic heterocycles. The minimum Gasteiger partial charge on any atom is -0.364 e. The largest absolute Gasteiger partial charge is 0.364 e. The van der Waals surface area contributed by atoms with Crippen LogP contribution in [0.1, 0.15) is 34.9 Å². The summed E-state index contributed by atoms with van der Waals surface area (Å²) in [5.41, 5.74) is 3.49. The van der Waals surface area contributed by atoms with Gasteiger partial charge in [-0.2, -0.15) is 12.6 Å². The maximum atomic E-state index is 14.2. The average molecular weight is 473 g/mol. The molecule has 0 aromatic heterocycles. The lowest BCUT2D eigenvalue weighted by atomic mass is 10.0. The summed E-state index contributed by atoms with van der Waals surface area (Å²) in [6, 6.07) is 9.74. The molecule has 2 amide bonds. The van der Waals surface area contributed by atoms with Crippen LogP contribution in [-0.2, 0) is 22.7 Å². The van der Waals surface area contributed by atoms with Crippen molar-refractivity contribution in [2.45, 2.75) is 37.3 Å². The third kappa shape index (κ3) is 4.25. The molecule has 2 saturated heterocycles. The molecule has 5 rings (SSSR count). The van der Waals surface area contributed by atoms with Crippen molar-refractivity contribution < 1.29 is 18.4 Å². The predicted octanol–water partition coefficient (Wildman–Crippen LogP) is 2.84. The summed E-state index contributed by atoms with van der Waals surface area (Å²) in [7, 11) is 0. The van der Waals surface area contributed by atoms with E-state index in [1.165, 1.54) is 29.3 Å². The second-order valence-corrected chi connectivity index (χ2v) is 9.32. The highest BCUT2D eigenvalue weighted by molar-refractivity contribution is 7.80. The van der Waals surface area contributed by atoms with E-state index in [0.717, 1.165) is 12.1 Å². The van der Waals surface area contributed by atoms with Crippen molar-refractivity contribution in [1.29, 1.82) is 0 Å². The second kappa shape index (κ2) is 9.04. The monoisotopic (exact) mass is 472 g/mol. The summed E-state index contributed by atoms with van der Waals surface area (Å²) in [5, 5.41) is 2.24. The Hall–Kier alpha value is -2.49. The first-order chi connectivity index (χ1) is 15.9. The van der Waals surface area contributed by atoms with E-state index in [-0.39, 0.29) is 28.9 Å². The van der Waals surface area contributed by atoms with Crippen molar-refractivity contribution in [3.63, 3.8) is 0 Å². The number of nitrogens with one attached hydrogen (secondary N) is 1. The van der Waals surface area contributed by atoms with Crippen LogP contribution in [0.2, 0.25) is 0 Å². The van der Waals surface area contributed by atoms with Gasteiger partial charge in [0.25, 0.3) is 0 Å². The van der Waals surface area contributed by atoms with E-state index in [4.69, 9.17) is 12.6 Å². The fraction of sp³-hybridized carbons (Fsp3) is 0.417. The number of rotatable bonds is 4. The van der Waals surface area contributed by atoms with Crippen molar-refractivity contribution in [2.24, 2.45) is 0 Å². The average Bonchev–Trinajstić information content (AvgIpc) is 3.12. The van der Waals surface area contributed by atoms with Crippen LogP contribution in [0, 0.1) is 11.6 Å². The molecule has 2 aromatic rings. The molecule has 0 aliphatic carbocycles. The number of piperidine rings is 1. The molecular formula is C24H26F2N4O2S. The van der Waals surface area contributed by atoms with Crippen LogP contribution < -0.4 is 10.2 Å². The molecule has 2 aromatic carbocycles. The summed E-state index contributed by atoms with van der Waals surface area (Å²) in [6.45, 7) is 3.80. The molecule has 1 N–H and O–H groups in total. The molecule has 2 atom stereocenters. The lowest BCUT2D eigenvalue weighted by molar-refractivity contribution is -0.137. The third-order valence-corrected chi connectivity index (χ3v) is 7.45. The normalized spacial score (nSPS) is 24.2. The molecule has 0 saturated carbocycles. The van der Waals surface area contributed by atoms with Gasteiger partial charge in [0.1, 0.15) is 17.3 Å². The number of imide groups is 1. The number of piperazine rings is 1. The van der Waals surface area contributed by atoms with E-state index in [0.29, 0.717) is 45.6 Å². The van der Waals surface area contributed by atoms with Crippen LogP contribution in [0.15, 0.2) is 36.4 Å². The van der Waals surface area contributed by atoms with Crippen molar-refractivity contribution in [3.8, 4) is 0 Å². The van der Waals surface area contributed by atoms with Crippen molar-refractivity contribution in [2.75, 3.05) is 31.1 Å². The highest BCUT2D eigenvalue weighted by atomic mass is 32.1. The van der Waals surface area contributed by atoms with Gasteiger partial charge in [0, 0.05) is 45.7 Å². The highest BCUT2D eigenvalue weighted by Crippen LogP contribution is 2.41. The van der Waals surface area contributed by atoms with Crippen molar-refractivity contribution in [3.05, 3.63) is 64.7 Å². The van der Waals surface area contributed by atoms with Gasteiger partial charge in [-0.1, -0.05) is 24.3 Å². The van der Waals surface area contributed by atoms with E-state index in [9.17, 15) is 18.4 Å².